The van der Waals surface area contributed by atoms with Crippen LogP contribution in [0.3, 0.4) is 0 Å². The number of hydrogen-bond acceptors (Lipinski definition) is 8. The van der Waals surface area contributed by atoms with Crippen molar-refractivity contribution in [2.75, 3.05) is 19.4 Å². The van der Waals surface area contributed by atoms with Crippen molar-refractivity contribution in [2.45, 2.75) is 61.9 Å². The van der Waals surface area contributed by atoms with Crippen LogP contribution in [0.1, 0.15) is 13.8 Å². The van der Waals surface area contributed by atoms with E-state index < -0.39 is 41.9 Å². The summed E-state index contributed by atoms with van der Waals surface area (Å²) in [4.78, 5) is 12.9. The quantitative estimate of drug-likeness (QED) is 0.365. The minimum Gasteiger partial charge on any atom is -0.388 e. The molecule has 1 amide bonds. The molecule has 0 aromatic rings. The van der Waals surface area contributed by atoms with Crippen molar-refractivity contribution >= 4 is 17.7 Å². The van der Waals surface area contributed by atoms with Crippen molar-refractivity contribution < 1.29 is 29.6 Å². The normalized spacial score (nSPS) is 42.8. The maximum atomic E-state index is 12.9. The molecule has 27 heavy (non-hydrogen) atoms. The lowest BCUT2D eigenvalue weighted by atomic mass is 9.88. The number of fused-ring (bicyclic) bond motifs is 1. The molecule has 3 unspecified atom stereocenters. The molecule has 0 radical (unpaired) electrons. The number of ether oxygens (including phenoxy) is 2. The zero-order valence-corrected chi connectivity index (χ0v) is 16.6. The van der Waals surface area contributed by atoms with E-state index in [1.165, 1.54) is 11.8 Å². The Labute approximate surface area is 163 Å². The van der Waals surface area contributed by atoms with Gasteiger partial charge in [-0.1, -0.05) is 26.0 Å². The number of hydrogen-bond donors (Lipinski definition) is 5. The molecule has 3 aliphatic rings. The molecule has 0 bridgehead atoms. The topological polar surface area (TPSA) is 120 Å². The molecule has 9 heteroatoms. The summed E-state index contributed by atoms with van der Waals surface area (Å²) >= 11 is 1.26. The van der Waals surface area contributed by atoms with E-state index in [-0.39, 0.29) is 23.8 Å². The summed E-state index contributed by atoms with van der Waals surface area (Å²) in [6.45, 7) is 4.99. The van der Waals surface area contributed by atoms with E-state index in [2.05, 4.69) is 16.7 Å². The Kier molecular flexibility index (Phi) is 6.83. The second-order valence-corrected chi connectivity index (χ2v) is 8.67. The molecule has 9 atom stereocenters. The fraction of sp³-hybridized carbons (Fsp3) is 0.833. The van der Waals surface area contributed by atoms with Crippen LogP contribution in [-0.4, -0.2) is 88.7 Å². The maximum Gasteiger partial charge on any atom is 0.240 e. The van der Waals surface area contributed by atoms with Crippen LogP contribution in [0.5, 0.6) is 0 Å². The first-order valence-corrected chi connectivity index (χ1v) is 10.7. The molecule has 3 heterocycles. The van der Waals surface area contributed by atoms with Crippen molar-refractivity contribution in [3.63, 3.8) is 0 Å². The van der Waals surface area contributed by atoms with E-state index in [4.69, 9.17) is 9.47 Å². The molecule has 2 saturated heterocycles. The molecule has 0 aliphatic carbocycles. The number of aliphatic hydroxyl groups excluding tert-OH is 3. The summed E-state index contributed by atoms with van der Waals surface area (Å²) in [6.07, 6.45) is 0.934. The summed E-state index contributed by atoms with van der Waals surface area (Å²) in [7, 11) is 0. The standard InChI is InChI=1S/C18H30N2O6S/c1-8(2)10(16-13(22)12(21)14(23)18(26-16)27-3)20-17(24)11-15-9(7-19-11)5-4-6-25-15/h4-5,8-16,18-19,21-23H,6-7H2,1-3H3,(H,20,24)/t9-,10+,11-,12?,13?,14+,15+,16+,18?/m0/s1. The van der Waals surface area contributed by atoms with Crippen LogP contribution in [0.2, 0.25) is 0 Å². The molecule has 3 aliphatic heterocycles. The molecule has 0 spiro atoms. The van der Waals surface area contributed by atoms with Crippen molar-refractivity contribution in [1.82, 2.24) is 10.6 Å². The Hall–Kier alpha value is -0.680. The van der Waals surface area contributed by atoms with Gasteiger partial charge < -0.3 is 35.4 Å². The molecule has 0 aromatic heterocycles. The van der Waals surface area contributed by atoms with Gasteiger partial charge in [0.1, 0.15) is 35.9 Å². The van der Waals surface area contributed by atoms with Crippen LogP contribution in [-0.2, 0) is 14.3 Å². The molecule has 154 valence electrons. The molecule has 3 rings (SSSR count). The lowest BCUT2D eigenvalue weighted by Gasteiger charge is -2.44. The van der Waals surface area contributed by atoms with Gasteiger partial charge in [-0.25, -0.2) is 0 Å². The van der Waals surface area contributed by atoms with Crippen molar-refractivity contribution in [3.05, 3.63) is 12.2 Å². The predicted octanol–water partition coefficient (Wildman–Crippen LogP) is -1.16. The average Bonchev–Trinajstić information content (AvgIpc) is 3.09. The van der Waals surface area contributed by atoms with Gasteiger partial charge in [-0.3, -0.25) is 4.79 Å². The molecular formula is C18H30N2O6S. The maximum absolute atomic E-state index is 12.9. The summed E-state index contributed by atoms with van der Waals surface area (Å²) in [5, 5.41) is 36.9. The van der Waals surface area contributed by atoms with Crippen LogP contribution in [0.4, 0.5) is 0 Å². The zero-order valence-electron chi connectivity index (χ0n) is 15.8. The smallest absolute Gasteiger partial charge is 0.240 e. The molecule has 0 saturated carbocycles. The lowest BCUT2D eigenvalue weighted by Crippen LogP contribution is -2.65. The third-order valence-corrected chi connectivity index (χ3v) is 6.45. The largest absolute Gasteiger partial charge is 0.388 e. The van der Waals surface area contributed by atoms with Crippen LogP contribution < -0.4 is 10.6 Å². The number of amides is 1. The first-order valence-electron chi connectivity index (χ1n) is 9.39. The Morgan fingerprint density at radius 2 is 2.00 bits per heavy atom. The second kappa shape index (κ2) is 8.77. The number of rotatable bonds is 5. The molecular weight excluding hydrogens is 372 g/mol. The lowest BCUT2D eigenvalue weighted by molar-refractivity contribution is -0.208. The monoisotopic (exact) mass is 402 g/mol. The van der Waals surface area contributed by atoms with Gasteiger partial charge in [0.15, 0.2) is 0 Å². The van der Waals surface area contributed by atoms with Gasteiger partial charge in [0, 0.05) is 12.5 Å². The van der Waals surface area contributed by atoms with Crippen molar-refractivity contribution in [3.8, 4) is 0 Å². The van der Waals surface area contributed by atoms with Crippen LogP contribution >= 0.6 is 11.8 Å². The Balaban J connectivity index is 1.72. The number of thioether (sulfide) groups is 1. The van der Waals surface area contributed by atoms with Crippen molar-refractivity contribution in [1.29, 1.82) is 0 Å². The van der Waals surface area contributed by atoms with Gasteiger partial charge >= 0.3 is 0 Å². The highest BCUT2D eigenvalue weighted by Gasteiger charge is 2.48. The highest BCUT2D eigenvalue weighted by atomic mass is 32.2. The van der Waals surface area contributed by atoms with Crippen molar-refractivity contribution in [2.24, 2.45) is 11.8 Å². The van der Waals surface area contributed by atoms with Gasteiger partial charge in [-0.05, 0) is 12.2 Å². The van der Waals surface area contributed by atoms with Crippen LogP contribution in [0.25, 0.3) is 0 Å². The van der Waals surface area contributed by atoms with Crippen LogP contribution in [0.15, 0.2) is 12.2 Å². The summed E-state index contributed by atoms with van der Waals surface area (Å²) in [5.74, 6) is -0.0992. The number of carbonyl (C=O) groups is 1. The fourth-order valence-corrected chi connectivity index (χ4v) is 4.71. The third kappa shape index (κ3) is 4.19. The zero-order chi connectivity index (χ0) is 19.7. The molecule has 2 fully saturated rings. The van der Waals surface area contributed by atoms with E-state index >= 15 is 0 Å². The van der Waals surface area contributed by atoms with E-state index in [1.807, 2.05) is 19.9 Å². The second-order valence-electron chi connectivity index (χ2n) is 7.73. The fourth-order valence-electron chi connectivity index (χ4n) is 4.03. The summed E-state index contributed by atoms with van der Waals surface area (Å²) in [5.41, 5.74) is -0.674. The highest BCUT2D eigenvalue weighted by Crippen LogP contribution is 2.31. The van der Waals surface area contributed by atoms with E-state index in [0.717, 1.165) is 0 Å². The summed E-state index contributed by atoms with van der Waals surface area (Å²) < 4.78 is 11.6. The predicted molar refractivity (Wildman–Crippen MR) is 101 cm³/mol. The Morgan fingerprint density at radius 1 is 1.26 bits per heavy atom. The average molecular weight is 403 g/mol. The third-order valence-electron chi connectivity index (χ3n) is 5.59. The summed E-state index contributed by atoms with van der Waals surface area (Å²) in [6, 6.07) is -1.00. The number of nitrogens with one attached hydrogen (secondary N) is 2. The minimum atomic E-state index is -1.33. The van der Waals surface area contributed by atoms with Crippen LogP contribution in [0, 0.1) is 11.8 Å². The van der Waals surface area contributed by atoms with Gasteiger partial charge in [-0.2, -0.15) is 0 Å². The van der Waals surface area contributed by atoms with Gasteiger partial charge in [0.05, 0.1) is 18.8 Å². The van der Waals surface area contributed by atoms with Gasteiger partial charge in [0.2, 0.25) is 5.91 Å². The Morgan fingerprint density at radius 3 is 2.67 bits per heavy atom. The SMILES string of the molecule is CSC1O[C@H]([C@H](NC(=O)[C@H]2NC[C@@H]3C=CCO[C@@H]23)C(C)C)C(O)C(O)[C@H]1O. The van der Waals surface area contributed by atoms with E-state index in [1.54, 1.807) is 6.26 Å². The number of carbonyl (C=O) groups excluding carboxylic acids is 1. The van der Waals surface area contributed by atoms with E-state index in [0.29, 0.717) is 13.2 Å². The first kappa shape index (κ1) is 21.0. The minimum absolute atomic E-state index is 0.0529. The number of aliphatic hydroxyl groups is 3. The highest BCUT2D eigenvalue weighted by molar-refractivity contribution is 7.99. The molecule has 0 aromatic carbocycles. The Bertz CT molecular complexity index is 560. The molecule has 5 N–H and O–H groups in total. The molecule has 8 nitrogen and oxygen atoms in total. The van der Waals surface area contributed by atoms with Gasteiger partial charge in [-0.15, -0.1) is 11.8 Å². The first-order chi connectivity index (χ1) is 12.8. The van der Waals surface area contributed by atoms with Gasteiger partial charge in [0.25, 0.3) is 0 Å². The van der Waals surface area contributed by atoms with E-state index in [9.17, 15) is 20.1 Å².